The molecule has 0 bridgehead atoms. The van der Waals surface area contributed by atoms with E-state index in [1.807, 2.05) is 27.7 Å². The highest BCUT2D eigenvalue weighted by Crippen LogP contribution is 2.25. The van der Waals surface area contributed by atoms with Crippen LogP contribution in [0.15, 0.2) is 29.2 Å². The Morgan fingerprint density at radius 3 is 2.23 bits per heavy atom. The van der Waals surface area contributed by atoms with Crippen LogP contribution in [-0.2, 0) is 21.3 Å². The first-order chi connectivity index (χ1) is 12.0. The zero-order valence-corrected chi connectivity index (χ0v) is 16.9. The molecule has 2 atom stereocenters. The quantitative estimate of drug-likeness (QED) is 0.863. The first-order valence-corrected chi connectivity index (χ1v) is 10.2. The van der Waals surface area contributed by atoms with E-state index in [1.165, 1.54) is 4.31 Å². The van der Waals surface area contributed by atoms with Crippen LogP contribution < -0.4 is 5.73 Å². The average molecular weight is 384 g/mol. The highest BCUT2D eigenvalue weighted by atomic mass is 32.2. The molecule has 8 heteroatoms. The highest BCUT2D eigenvalue weighted by molar-refractivity contribution is 7.89. The van der Waals surface area contributed by atoms with E-state index in [2.05, 4.69) is 0 Å². The second-order valence-corrected chi connectivity index (χ2v) is 9.64. The molecule has 7 nitrogen and oxygen atoms in total. The molecule has 1 aliphatic rings. The van der Waals surface area contributed by atoms with E-state index >= 15 is 0 Å². The van der Waals surface area contributed by atoms with E-state index in [0.717, 1.165) is 5.56 Å². The van der Waals surface area contributed by atoms with Crippen LogP contribution >= 0.6 is 0 Å². The number of piperazine rings is 1. The summed E-state index contributed by atoms with van der Waals surface area (Å²) in [7, 11) is -3.64. The van der Waals surface area contributed by atoms with E-state index in [-0.39, 0.29) is 30.1 Å². The maximum atomic E-state index is 13.0. The number of hydrogen-bond donors (Lipinski definition) is 1. The second-order valence-electron chi connectivity index (χ2n) is 7.75. The van der Waals surface area contributed by atoms with E-state index in [0.29, 0.717) is 6.54 Å². The fourth-order valence-corrected chi connectivity index (χ4v) is 4.64. The van der Waals surface area contributed by atoms with Gasteiger partial charge in [-0.3, -0.25) is 0 Å². The van der Waals surface area contributed by atoms with Gasteiger partial charge in [-0.2, -0.15) is 4.31 Å². The van der Waals surface area contributed by atoms with Gasteiger partial charge in [-0.15, -0.1) is 0 Å². The van der Waals surface area contributed by atoms with E-state index in [9.17, 15) is 13.2 Å². The molecule has 26 heavy (non-hydrogen) atoms. The molecule has 1 fully saturated rings. The largest absolute Gasteiger partial charge is 0.444 e. The summed E-state index contributed by atoms with van der Waals surface area (Å²) in [6.45, 7) is 9.94. The number of carbonyl (C=O) groups excluding carboxylic acids is 1. The molecule has 146 valence electrons. The number of amides is 1. The van der Waals surface area contributed by atoms with Crippen LogP contribution in [0, 0.1) is 0 Å². The lowest BCUT2D eigenvalue weighted by atomic mass is 10.1. The molecule has 1 amide bonds. The molecule has 0 aromatic heterocycles. The van der Waals surface area contributed by atoms with E-state index in [4.69, 9.17) is 10.5 Å². The summed E-state index contributed by atoms with van der Waals surface area (Å²) in [5, 5.41) is 0. The van der Waals surface area contributed by atoms with Gasteiger partial charge in [-0.25, -0.2) is 13.2 Å². The number of nitrogens with two attached hydrogens (primary N) is 1. The lowest BCUT2D eigenvalue weighted by Gasteiger charge is -2.43. The number of nitrogens with zero attached hydrogens (tertiary/aromatic N) is 2. The summed E-state index contributed by atoms with van der Waals surface area (Å²) >= 11 is 0. The van der Waals surface area contributed by atoms with Crippen molar-refractivity contribution in [2.24, 2.45) is 5.73 Å². The van der Waals surface area contributed by atoms with Crippen molar-refractivity contribution in [3.63, 3.8) is 0 Å². The minimum absolute atomic E-state index is 0.224. The summed E-state index contributed by atoms with van der Waals surface area (Å²) in [4.78, 5) is 14.2. The Hall–Kier alpha value is -1.64. The summed E-state index contributed by atoms with van der Waals surface area (Å²) < 4.78 is 32.9. The Kier molecular flexibility index (Phi) is 5.99. The first kappa shape index (κ1) is 20.7. The SMILES string of the molecule is C[C@@H]1CN(S(=O)(=O)c2ccc(CN)cc2)[C@@H](C)CN1C(=O)OC(C)(C)C. The number of hydrogen-bond acceptors (Lipinski definition) is 5. The number of rotatable bonds is 3. The summed E-state index contributed by atoms with van der Waals surface area (Å²) in [6.07, 6.45) is -0.416. The fourth-order valence-electron chi connectivity index (χ4n) is 2.94. The van der Waals surface area contributed by atoms with Crippen molar-refractivity contribution in [1.82, 2.24) is 9.21 Å². The molecule has 1 aromatic rings. The number of carbonyl (C=O) groups is 1. The van der Waals surface area contributed by atoms with Gasteiger partial charge in [0.2, 0.25) is 10.0 Å². The Bertz CT molecular complexity index is 741. The molecule has 0 unspecified atom stereocenters. The van der Waals surface area contributed by atoms with Gasteiger partial charge < -0.3 is 15.4 Å². The molecular weight excluding hydrogens is 354 g/mol. The second kappa shape index (κ2) is 7.54. The Labute approximate surface area is 156 Å². The van der Waals surface area contributed by atoms with Crippen molar-refractivity contribution in [2.45, 2.75) is 63.7 Å². The molecule has 2 rings (SSSR count). The molecule has 0 aliphatic carbocycles. The Morgan fingerprint density at radius 1 is 1.15 bits per heavy atom. The third-order valence-corrected chi connectivity index (χ3v) is 6.32. The maximum absolute atomic E-state index is 13.0. The van der Waals surface area contributed by atoms with Gasteiger partial charge in [0.05, 0.1) is 4.90 Å². The lowest BCUT2D eigenvalue weighted by Crippen LogP contribution is -2.59. The zero-order chi connectivity index (χ0) is 19.7. The topological polar surface area (TPSA) is 92.9 Å². The molecule has 0 spiro atoms. The molecular formula is C18H29N3O4S. The lowest BCUT2D eigenvalue weighted by molar-refractivity contribution is 0.00190. The minimum Gasteiger partial charge on any atom is -0.444 e. The smallest absolute Gasteiger partial charge is 0.410 e. The van der Waals surface area contributed by atoms with Crippen LogP contribution in [-0.4, -0.2) is 54.5 Å². The van der Waals surface area contributed by atoms with E-state index in [1.54, 1.807) is 36.1 Å². The number of ether oxygens (including phenoxy) is 1. The predicted octanol–water partition coefficient (Wildman–Crippen LogP) is 2.16. The zero-order valence-electron chi connectivity index (χ0n) is 16.1. The maximum Gasteiger partial charge on any atom is 0.410 e. The van der Waals surface area contributed by atoms with Crippen LogP contribution in [0.3, 0.4) is 0 Å². The van der Waals surface area contributed by atoms with Gasteiger partial charge in [0.1, 0.15) is 5.60 Å². The summed E-state index contributed by atoms with van der Waals surface area (Å²) in [5.41, 5.74) is 5.86. The van der Waals surface area contributed by atoms with Crippen molar-refractivity contribution < 1.29 is 17.9 Å². The Balaban J connectivity index is 2.18. The van der Waals surface area contributed by atoms with Crippen molar-refractivity contribution in [3.8, 4) is 0 Å². The Morgan fingerprint density at radius 2 is 1.73 bits per heavy atom. The van der Waals surface area contributed by atoms with Gasteiger partial charge in [-0.1, -0.05) is 12.1 Å². The molecule has 1 saturated heterocycles. The minimum atomic E-state index is -3.64. The van der Waals surface area contributed by atoms with Crippen molar-refractivity contribution in [1.29, 1.82) is 0 Å². The van der Waals surface area contributed by atoms with Crippen molar-refractivity contribution >= 4 is 16.1 Å². The number of benzene rings is 1. The van der Waals surface area contributed by atoms with Crippen molar-refractivity contribution in [2.75, 3.05) is 13.1 Å². The normalized spacial score (nSPS) is 22.3. The third kappa shape index (κ3) is 4.55. The van der Waals surface area contributed by atoms with E-state index < -0.39 is 21.7 Å². The van der Waals surface area contributed by atoms with Gasteiger partial charge >= 0.3 is 6.09 Å². The van der Waals surface area contributed by atoms with Gasteiger partial charge in [0.25, 0.3) is 0 Å². The van der Waals surface area contributed by atoms with Crippen LogP contribution in [0.1, 0.15) is 40.2 Å². The third-order valence-electron chi connectivity index (χ3n) is 4.32. The average Bonchev–Trinajstić information content (AvgIpc) is 2.54. The fraction of sp³-hybridized carbons (Fsp3) is 0.611. The highest BCUT2D eigenvalue weighted by Gasteiger charge is 2.40. The standard InChI is InChI=1S/C18H29N3O4S/c1-13-12-21(14(2)11-20(13)17(22)25-18(3,4)5)26(23,24)16-8-6-15(10-19)7-9-16/h6-9,13-14H,10-12,19H2,1-5H3/t13-,14+/m1/s1. The summed E-state index contributed by atoms with van der Waals surface area (Å²) in [6, 6.07) is 5.97. The van der Waals surface area contributed by atoms with Crippen LogP contribution in [0.2, 0.25) is 0 Å². The van der Waals surface area contributed by atoms with Gasteiger partial charge in [0, 0.05) is 31.7 Å². The molecule has 1 heterocycles. The first-order valence-electron chi connectivity index (χ1n) is 8.76. The van der Waals surface area contributed by atoms with Crippen molar-refractivity contribution in [3.05, 3.63) is 29.8 Å². The van der Waals surface area contributed by atoms with Gasteiger partial charge in [-0.05, 0) is 52.3 Å². The molecule has 1 aromatic carbocycles. The van der Waals surface area contributed by atoms with Gasteiger partial charge in [0.15, 0.2) is 0 Å². The molecule has 1 aliphatic heterocycles. The monoisotopic (exact) mass is 383 g/mol. The van der Waals surface area contributed by atoms with Crippen LogP contribution in [0.25, 0.3) is 0 Å². The summed E-state index contributed by atoms with van der Waals surface area (Å²) in [5.74, 6) is 0. The number of sulfonamides is 1. The predicted molar refractivity (Wildman–Crippen MR) is 100 cm³/mol. The van der Waals surface area contributed by atoms with Crippen LogP contribution in [0.5, 0.6) is 0 Å². The molecule has 0 radical (unpaired) electrons. The molecule has 2 N–H and O–H groups in total. The molecule has 0 saturated carbocycles. The van der Waals surface area contributed by atoms with Crippen LogP contribution in [0.4, 0.5) is 4.79 Å².